The van der Waals surface area contributed by atoms with E-state index in [1.807, 2.05) is 25.1 Å². The summed E-state index contributed by atoms with van der Waals surface area (Å²) >= 11 is 0. The molecule has 0 amide bonds. The van der Waals surface area contributed by atoms with Gasteiger partial charge in [-0.1, -0.05) is 18.2 Å². The summed E-state index contributed by atoms with van der Waals surface area (Å²) in [6.45, 7) is 4.92. The van der Waals surface area contributed by atoms with Gasteiger partial charge in [-0.05, 0) is 38.2 Å². The molecule has 3 rings (SSSR count). The van der Waals surface area contributed by atoms with Crippen molar-refractivity contribution >= 4 is 0 Å². The predicted octanol–water partition coefficient (Wildman–Crippen LogP) is 2.57. The van der Waals surface area contributed by atoms with Crippen LogP contribution in [0.4, 0.5) is 0 Å². The first-order valence-corrected chi connectivity index (χ1v) is 7.49. The summed E-state index contributed by atoms with van der Waals surface area (Å²) in [5.41, 5.74) is 7.56. The quantitative estimate of drug-likeness (QED) is 0.884. The Balaban J connectivity index is 1.68. The van der Waals surface area contributed by atoms with E-state index in [-0.39, 0.29) is 6.04 Å². The normalized spacial score (nSPS) is 27.7. The van der Waals surface area contributed by atoms with Crippen LogP contribution in [0.15, 0.2) is 24.3 Å². The van der Waals surface area contributed by atoms with Crippen molar-refractivity contribution < 1.29 is 4.74 Å². The number of piperidine rings is 1. The molecule has 0 aromatic heterocycles. The number of hydrogen-bond donors (Lipinski definition) is 1. The average Bonchev–Trinajstić information content (AvgIpc) is 3.02. The molecule has 3 heteroatoms. The highest BCUT2D eigenvalue weighted by atomic mass is 16.5. The molecule has 0 radical (unpaired) electrons. The Bertz CT molecular complexity index is 435. The number of hydrogen-bond acceptors (Lipinski definition) is 3. The van der Waals surface area contributed by atoms with E-state index in [1.54, 1.807) is 0 Å². The van der Waals surface area contributed by atoms with E-state index in [0.29, 0.717) is 6.61 Å². The summed E-state index contributed by atoms with van der Waals surface area (Å²) in [7, 11) is 0. The van der Waals surface area contributed by atoms with Crippen LogP contribution in [0, 0.1) is 5.92 Å². The molecule has 0 spiro atoms. The molecule has 3 nitrogen and oxygen atoms in total. The van der Waals surface area contributed by atoms with Crippen LogP contribution in [0.25, 0.3) is 0 Å². The number of fused-ring (bicyclic) bond motifs is 2. The zero-order valence-electron chi connectivity index (χ0n) is 11.7. The van der Waals surface area contributed by atoms with Gasteiger partial charge in [-0.3, -0.25) is 4.90 Å². The van der Waals surface area contributed by atoms with Crippen molar-refractivity contribution in [3.63, 3.8) is 0 Å². The number of benzene rings is 1. The Morgan fingerprint density at radius 3 is 2.89 bits per heavy atom. The number of likely N-dealkylation sites (tertiary alicyclic amines) is 1. The second-order valence-corrected chi connectivity index (χ2v) is 5.86. The number of para-hydroxylation sites is 1. The van der Waals surface area contributed by atoms with Crippen LogP contribution in [0.2, 0.25) is 0 Å². The van der Waals surface area contributed by atoms with Gasteiger partial charge in [0.15, 0.2) is 0 Å². The molecule has 19 heavy (non-hydrogen) atoms. The average molecular weight is 260 g/mol. The lowest BCUT2D eigenvalue weighted by molar-refractivity contribution is 0.200. The molecule has 2 aliphatic rings. The Morgan fingerprint density at radius 1 is 1.37 bits per heavy atom. The SMILES string of the molecule is CCOc1ccccc1C(N)CN1CC2CCC1C2. The second kappa shape index (κ2) is 5.51. The van der Waals surface area contributed by atoms with Crippen molar-refractivity contribution in [3.05, 3.63) is 29.8 Å². The molecule has 1 aromatic carbocycles. The molecule has 1 saturated heterocycles. The van der Waals surface area contributed by atoms with Crippen LogP contribution in [0.5, 0.6) is 5.75 Å². The van der Waals surface area contributed by atoms with E-state index in [4.69, 9.17) is 10.5 Å². The van der Waals surface area contributed by atoms with E-state index in [0.717, 1.165) is 29.8 Å². The zero-order chi connectivity index (χ0) is 13.2. The minimum Gasteiger partial charge on any atom is -0.494 e. The van der Waals surface area contributed by atoms with Crippen molar-refractivity contribution in [3.8, 4) is 5.75 Å². The smallest absolute Gasteiger partial charge is 0.124 e. The maximum Gasteiger partial charge on any atom is 0.124 e. The molecule has 2 N–H and O–H groups in total. The highest BCUT2D eigenvalue weighted by molar-refractivity contribution is 5.36. The van der Waals surface area contributed by atoms with Crippen LogP contribution < -0.4 is 10.5 Å². The Morgan fingerprint density at radius 2 is 2.21 bits per heavy atom. The van der Waals surface area contributed by atoms with Crippen LogP contribution in [0.1, 0.15) is 37.8 Å². The highest BCUT2D eigenvalue weighted by Crippen LogP contribution is 2.38. The van der Waals surface area contributed by atoms with E-state index in [2.05, 4.69) is 11.0 Å². The van der Waals surface area contributed by atoms with Gasteiger partial charge in [0.2, 0.25) is 0 Å². The topological polar surface area (TPSA) is 38.5 Å². The fourth-order valence-electron chi connectivity index (χ4n) is 3.68. The first-order chi connectivity index (χ1) is 9.28. The maximum atomic E-state index is 6.42. The van der Waals surface area contributed by atoms with Gasteiger partial charge in [0.05, 0.1) is 6.61 Å². The van der Waals surface area contributed by atoms with Gasteiger partial charge in [0, 0.05) is 30.7 Å². The van der Waals surface area contributed by atoms with Crippen molar-refractivity contribution in [1.82, 2.24) is 4.90 Å². The summed E-state index contributed by atoms with van der Waals surface area (Å²) in [6, 6.07) is 9.03. The number of nitrogens with two attached hydrogens (primary N) is 1. The number of rotatable bonds is 5. The van der Waals surface area contributed by atoms with Gasteiger partial charge >= 0.3 is 0 Å². The lowest BCUT2D eigenvalue weighted by atomic mass is 10.0. The lowest BCUT2D eigenvalue weighted by Gasteiger charge is -2.29. The van der Waals surface area contributed by atoms with Crippen LogP contribution in [-0.2, 0) is 0 Å². The standard InChI is InChI=1S/C16H24N2O/c1-2-19-16-6-4-3-5-14(16)15(17)11-18-10-12-7-8-13(18)9-12/h3-6,12-13,15H,2,7-11,17H2,1H3. The first kappa shape index (κ1) is 12.9. The Kier molecular flexibility index (Phi) is 3.76. The second-order valence-electron chi connectivity index (χ2n) is 5.86. The van der Waals surface area contributed by atoms with Crippen molar-refractivity contribution in [2.24, 2.45) is 11.7 Å². The van der Waals surface area contributed by atoms with E-state index >= 15 is 0 Å². The fraction of sp³-hybridized carbons (Fsp3) is 0.625. The molecule has 1 aromatic rings. The van der Waals surface area contributed by atoms with Crippen molar-refractivity contribution in [1.29, 1.82) is 0 Å². The monoisotopic (exact) mass is 260 g/mol. The molecule has 1 aliphatic carbocycles. The largest absolute Gasteiger partial charge is 0.494 e. The van der Waals surface area contributed by atoms with Crippen molar-refractivity contribution in [2.75, 3.05) is 19.7 Å². The van der Waals surface area contributed by atoms with Gasteiger partial charge in [-0.2, -0.15) is 0 Å². The van der Waals surface area contributed by atoms with Crippen LogP contribution >= 0.6 is 0 Å². The maximum absolute atomic E-state index is 6.42. The van der Waals surface area contributed by atoms with Gasteiger partial charge < -0.3 is 10.5 Å². The summed E-state index contributed by atoms with van der Waals surface area (Å²) in [4.78, 5) is 2.58. The predicted molar refractivity (Wildman–Crippen MR) is 77.2 cm³/mol. The fourth-order valence-corrected chi connectivity index (χ4v) is 3.68. The molecular weight excluding hydrogens is 236 g/mol. The third-order valence-electron chi connectivity index (χ3n) is 4.57. The molecular formula is C16H24N2O. The molecule has 2 bridgehead atoms. The number of ether oxygens (including phenoxy) is 1. The zero-order valence-corrected chi connectivity index (χ0v) is 11.7. The van der Waals surface area contributed by atoms with E-state index in [9.17, 15) is 0 Å². The Labute approximate surface area is 115 Å². The van der Waals surface area contributed by atoms with Crippen LogP contribution in [0.3, 0.4) is 0 Å². The van der Waals surface area contributed by atoms with Crippen LogP contribution in [-0.4, -0.2) is 30.6 Å². The lowest BCUT2D eigenvalue weighted by Crippen LogP contribution is -2.37. The third-order valence-corrected chi connectivity index (χ3v) is 4.57. The number of nitrogens with zero attached hydrogens (tertiary/aromatic N) is 1. The van der Waals surface area contributed by atoms with Gasteiger partial charge in [-0.15, -0.1) is 0 Å². The molecule has 1 aliphatic heterocycles. The minimum absolute atomic E-state index is 0.0575. The van der Waals surface area contributed by atoms with E-state index < -0.39 is 0 Å². The summed E-state index contributed by atoms with van der Waals surface area (Å²) in [6.07, 6.45) is 4.18. The first-order valence-electron chi connectivity index (χ1n) is 7.49. The van der Waals surface area contributed by atoms with Gasteiger partial charge in [-0.25, -0.2) is 0 Å². The Hall–Kier alpha value is -1.06. The summed E-state index contributed by atoms with van der Waals surface area (Å²) in [5.74, 6) is 1.88. The highest BCUT2D eigenvalue weighted by Gasteiger charge is 2.38. The van der Waals surface area contributed by atoms with Gasteiger partial charge in [0.1, 0.15) is 5.75 Å². The molecule has 1 saturated carbocycles. The molecule has 1 heterocycles. The minimum atomic E-state index is 0.0575. The molecule has 3 atom stereocenters. The molecule has 104 valence electrons. The van der Waals surface area contributed by atoms with Gasteiger partial charge in [0.25, 0.3) is 0 Å². The van der Waals surface area contributed by atoms with Crippen molar-refractivity contribution in [2.45, 2.75) is 38.3 Å². The van der Waals surface area contributed by atoms with E-state index in [1.165, 1.54) is 25.8 Å². The molecule has 2 fully saturated rings. The summed E-state index contributed by atoms with van der Waals surface area (Å²) < 4.78 is 5.69. The summed E-state index contributed by atoms with van der Waals surface area (Å²) in [5, 5.41) is 0. The molecule has 3 unspecified atom stereocenters. The third kappa shape index (κ3) is 2.63.